The van der Waals surface area contributed by atoms with E-state index in [0.29, 0.717) is 10.8 Å². The van der Waals surface area contributed by atoms with Gasteiger partial charge in [0.05, 0.1) is 5.69 Å². The zero-order chi connectivity index (χ0) is 17.9. The largest absolute Gasteiger partial charge is 0.296 e. The maximum atomic E-state index is 12.2. The predicted octanol–water partition coefficient (Wildman–Crippen LogP) is 3.66. The Morgan fingerprint density at radius 1 is 1.23 bits per heavy atom. The monoisotopic (exact) mass is 364 g/mol. The summed E-state index contributed by atoms with van der Waals surface area (Å²) in [6.07, 6.45) is 2.53. The van der Waals surface area contributed by atoms with E-state index >= 15 is 0 Å². The fourth-order valence-electron chi connectivity index (χ4n) is 3.05. The molecule has 1 aromatic carbocycles. The minimum Gasteiger partial charge on any atom is -0.296 e. The van der Waals surface area contributed by atoms with Crippen LogP contribution in [0.2, 0.25) is 0 Å². The number of aryl methyl sites for hydroxylation is 1. The van der Waals surface area contributed by atoms with Crippen LogP contribution in [-0.4, -0.2) is 27.3 Å². The Morgan fingerprint density at radius 3 is 2.85 bits per heavy atom. The lowest BCUT2D eigenvalue weighted by atomic mass is 10.1. The topological polar surface area (TPSA) is 58.1 Å². The molecule has 0 aliphatic carbocycles. The van der Waals surface area contributed by atoms with Crippen molar-refractivity contribution in [3.63, 3.8) is 0 Å². The fourth-order valence-corrected chi connectivity index (χ4v) is 4.09. The molecule has 6 heteroatoms. The molecule has 1 aliphatic rings. The number of pyridine rings is 1. The number of hydrogen-bond acceptors (Lipinski definition) is 5. The number of nitrogens with one attached hydrogen (secondary N) is 1. The normalized spacial score (nSPS) is 14.0. The van der Waals surface area contributed by atoms with E-state index in [9.17, 15) is 4.79 Å². The van der Waals surface area contributed by atoms with Crippen molar-refractivity contribution in [3.8, 4) is 0 Å². The molecule has 0 atom stereocenters. The highest BCUT2D eigenvalue weighted by atomic mass is 32.1. The van der Waals surface area contributed by atoms with E-state index in [1.807, 2.05) is 0 Å². The van der Waals surface area contributed by atoms with E-state index in [-0.39, 0.29) is 5.91 Å². The van der Waals surface area contributed by atoms with Crippen LogP contribution in [0, 0.1) is 6.92 Å². The first-order valence-electron chi connectivity index (χ1n) is 8.66. The second kappa shape index (κ2) is 7.35. The van der Waals surface area contributed by atoms with E-state index in [2.05, 4.69) is 51.4 Å². The van der Waals surface area contributed by atoms with Crippen molar-refractivity contribution in [2.45, 2.75) is 26.4 Å². The molecule has 2 aromatic heterocycles. The number of fused-ring (bicyclic) bond motifs is 1. The third-order valence-corrected chi connectivity index (χ3v) is 5.45. The molecule has 0 unspecified atom stereocenters. The maximum Gasteiger partial charge on any atom is 0.276 e. The van der Waals surface area contributed by atoms with Crippen LogP contribution in [0.15, 0.2) is 48.7 Å². The minimum atomic E-state index is -0.215. The summed E-state index contributed by atoms with van der Waals surface area (Å²) in [6.45, 7) is 4.90. The Hall–Kier alpha value is -2.57. The summed E-state index contributed by atoms with van der Waals surface area (Å²) >= 11 is 1.56. The maximum absolute atomic E-state index is 12.2. The fraction of sp³-hybridized carbons (Fsp3) is 0.250. The van der Waals surface area contributed by atoms with Crippen LogP contribution in [0.4, 0.5) is 5.13 Å². The Morgan fingerprint density at radius 2 is 2.08 bits per heavy atom. The van der Waals surface area contributed by atoms with Gasteiger partial charge in [0.15, 0.2) is 5.13 Å². The highest BCUT2D eigenvalue weighted by Gasteiger charge is 2.21. The first-order valence-corrected chi connectivity index (χ1v) is 9.48. The van der Waals surface area contributed by atoms with Gasteiger partial charge < -0.3 is 0 Å². The number of nitrogens with zero attached hydrogens (tertiary/aromatic N) is 3. The van der Waals surface area contributed by atoms with E-state index in [4.69, 9.17) is 0 Å². The molecule has 1 aliphatic heterocycles. The van der Waals surface area contributed by atoms with Gasteiger partial charge in [-0.15, -0.1) is 11.3 Å². The Bertz CT molecular complexity index is 905. The molecule has 0 spiro atoms. The van der Waals surface area contributed by atoms with Crippen LogP contribution in [0.1, 0.15) is 32.2 Å². The summed E-state index contributed by atoms with van der Waals surface area (Å²) in [5, 5.41) is 3.53. The molecular formula is C20H20N4OS. The number of anilines is 1. The molecule has 5 nitrogen and oxygen atoms in total. The smallest absolute Gasteiger partial charge is 0.276 e. The van der Waals surface area contributed by atoms with Crippen LogP contribution in [0.25, 0.3) is 0 Å². The zero-order valence-corrected chi connectivity index (χ0v) is 15.4. The van der Waals surface area contributed by atoms with Crippen molar-refractivity contribution in [1.29, 1.82) is 0 Å². The minimum absolute atomic E-state index is 0.215. The summed E-state index contributed by atoms with van der Waals surface area (Å²) in [6, 6.07) is 14.0. The lowest BCUT2D eigenvalue weighted by Gasteiger charge is -2.25. The summed E-state index contributed by atoms with van der Waals surface area (Å²) in [4.78, 5) is 24.6. The number of carbonyl (C=O) groups excluding carboxylic acids is 1. The summed E-state index contributed by atoms with van der Waals surface area (Å²) < 4.78 is 0. The molecule has 4 rings (SSSR count). The molecule has 3 heterocycles. The van der Waals surface area contributed by atoms with E-state index < -0.39 is 0 Å². The standard InChI is InChI=1S/C20H20N4OS/c1-14-5-7-15(8-6-14)12-24-11-9-16-18(13-24)26-20(22-16)23-19(25)17-4-2-3-10-21-17/h2-8,10H,9,11-13H2,1H3,(H,22,23,25). The second-order valence-corrected chi connectivity index (χ2v) is 7.59. The van der Waals surface area contributed by atoms with Crippen molar-refractivity contribution < 1.29 is 4.79 Å². The summed E-state index contributed by atoms with van der Waals surface area (Å²) in [5.41, 5.74) is 4.12. The van der Waals surface area contributed by atoms with E-state index in [0.717, 1.165) is 31.7 Å². The number of rotatable bonds is 4. The second-order valence-electron chi connectivity index (χ2n) is 6.50. The van der Waals surface area contributed by atoms with Crippen LogP contribution in [-0.2, 0) is 19.5 Å². The number of amides is 1. The molecule has 1 amide bonds. The highest BCUT2D eigenvalue weighted by Crippen LogP contribution is 2.29. The Labute approximate surface area is 156 Å². The van der Waals surface area contributed by atoms with E-state index in [1.165, 1.54) is 16.0 Å². The third kappa shape index (κ3) is 3.81. The number of benzene rings is 1. The molecule has 132 valence electrons. The molecule has 3 aromatic rings. The van der Waals surface area contributed by atoms with Gasteiger partial charge in [0.2, 0.25) is 0 Å². The predicted molar refractivity (Wildman–Crippen MR) is 103 cm³/mol. The van der Waals surface area contributed by atoms with Crippen LogP contribution < -0.4 is 5.32 Å². The molecule has 0 bridgehead atoms. The van der Waals surface area contributed by atoms with Crippen LogP contribution >= 0.6 is 11.3 Å². The third-order valence-electron chi connectivity index (χ3n) is 4.46. The number of aromatic nitrogens is 2. The molecule has 1 N–H and O–H groups in total. The number of carbonyl (C=O) groups is 1. The van der Waals surface area contributed by atoms with Crippen molar-refractivity contribution in [1.82, 2.24) is 14.9 Å². The Kier molecular flexibility index (Phi) is 4.77. The van der Waals surface area contributed by atoms with Gasteiger partial charge in [-0.25, -0.2) is 4.98 Å². The van der Waals surface area contributed by atoms with Crippen LogP contribution in [0.5, 0.6) is 0 Å². The van der Waals surface area contributed by atoms with Gasteiger partial charge in [0.25, 0.3) is 5.91 Å². The molecule has 0 saturated heterocycles. The van der Waals surface area contributed by atoms with Gasteiger partial charge in [-0.2, -0.15) is 0 Å². The van der Waals surface area contributed by atoms with Crippen molar-refractivity contribution >= 4 is 22.4 Å². The highest BCUT2D eigenvalue weighted by molar-refractivity contribution is 7.15. The van der Waals surface area contributed by atoms with Crippen molar-refractivity contribution in [3.05, 3.63) is 76.1 Å². The lowest BCUT2D eigenvalue weighted by Crippen LogP contribution is -2.29. The SMILES string of the molecule is Cc1ccc(CN2CCc3nc(NC(=O)c4ccccn4)sc3C2)cc1. The lowest BCUT2D eigenvalue weighted by molar-refractivity contribution is 0.102. The van der Waals surface area contributed by atoms with Gasteiger partial charge in [0, 0.05) is 37.1 Å². The van der Waals surface area contributed by atoms with Crippen molar-refractivity contribution in [2.24, 2.45) is 0 Å². The van der Waals surface area contributed by atoms with Gasteiger partial charge in [0.1, 0.15) is 5.69 Å². The van der Waals surface area contributed by atoms with Gasteiger partial charge >= 0.3 is 0 Å². The number of hydrogen-bond donors (Lipinski definition) is 1. The summed E-state index contributed by atoms with van der Waals surface area (Å²) in [7, 11) is 0. The zero-order valence-electron chi connectivity index (χ0n) is 14.6. The molecule has 26 heavy (non-hydrogen) atoms. The average Bonchev–Trinajstić information content (AvgIpc) is 3.06. The van der Waals surface area contributed by atoms with Gasteiger partial charge in [-0.1, -0.05) is 35.9 Å². The van der Waals surface area contributed by atoms with Gasteiger partial charge in [-0.05, 0) is 24.6 Å². The molecule has 0 saturated carbocycles. The first kappa shape index (κ1) is 16.9. The molecule has 0 fully saturated rings. The average molecular weight is 364 g/mol. The van der Waals surface area contributed by atoms with Gasteiger partial charge in [-0.3, -0.25) is 20.0 Å². The summed E-state index contributed by atoms with van der Waals surface area (Å²) in [5.74, 6) is -0.215. The molecular weight excluding hydrogens is 344 g/mol. The first-order chi connectivity index (χ1) is 12.7. The van der Waals surface area contributed by atoms with Crippen molar-refractivity contribution in [2.75, 3.05) is 11.9 Å². The van der Waals surface area contributed by atoms with Crippen LogP contribution in [0.3, 0.4) is 0 Å². The molecule has 0 radical (unpaired) electrons. The Balaban J connectivity index is 1.42. The quantitative estimate of drug-likeness (QED) is 0.768. The number of thiazole rings is 1. The van der Waals surface area contributed by atoms with E-state index in [1.54, 1.807) is 35.7 Å².